The van der Waals surface area contributed by atoms with E-state index in [9.17, 15) is 30.8 Å². The summed E-state index contributed by atoms with van der Waals surface area (Å²) in [5, 5.41) is 0. The van der Waals surface area contributed by atoms with Crippen molar-refractivity contribution < 1.29 is 35.5 Å². The van der Waals surface area contributed by atoms with E-state index in [1.54, 1.807) is 36.4 Å². The van der Waals surface area contributed by atoms with Crippen LogP contribution in [0.15, 0.2) is 42.6 Å². The van der Waals surface area contributed by atoms with Gasteiger partial charge in [0.25, 0.3) is 5.91 Å². The van der Waals surface area contributed by atoms with Crippen LogP contribution in [0.2, 0.25) is 0 Å². The highest BCUT2D eigenvalue weighted by Crippen LogP contribution is 2.42. The highest BCUT2D eigenvalue weighted by atomic mass is 32.2. The minimum absolute atomic E-state index is 0.154. The normalized spacial score (nSPS) is 20.4. The Kier molecular flexibility index (Phi) is 7.39. The van der Waals surface area contributed by atoms with E-state index >= 15 is 0 Å². The van der Waals surface area contributed by atoms with Gasteiger partial charge in [0.05, 0.1) is 18.3 Å². The summed E-state index contributed by atoms with van der Waals surface area (Å²) in [6.45, 7) is 1.67. The molecule has 0 radical (unpaired) electrons. The SMILES string of the molecule is CC1(C)O[C@H](c2ccc(-c3ccc(CNS(=O)(=O)CF)nc3)cc2)[C@@H](CF)N1C(=O)C(F)F. The van der Waals surface area contributed by atoms with Crippen molar-refractivity contribution in [1.29, 1.82) is 0 Å². The number of hydrogen-bond acceptors (Lipinski definition) is 5. The molecule has 1 aliphatic heterocycles. The molecule has 1 saturated heterocycles. The van der Waals surface area contributed by atoms with Gasteiger partial charge in [-0.25, -0.2) is 21.9 Å². The molecule has 12 heteroatoms. The van der Waals surface area contributed by atoms with E-state index in [1.165, 1.54) is 20.0 Å². The van der Waals surface area contributed by atoms with E-state index in [0.717, 1.165) is 10.5 Å². The quantitative estimate of drug-likeness (QED) is 0.575. The number of benzene rings is 1. The number of sulfonamides is 1. The molecule has 1 N–H and O–H groups in total. The van der Waals surface area contributed by atoms with Gasteiger partial charge in [-0.1, -0.05) is 30.3 Å². The zero-order chi connectivity index (χ0) is 24.4. The molecule has 0 aliphatic carbocycles. The van der Waals surface area contributed by atoms with Crippen LogP contribution in [0.1, 0.15) is 31.2 Å². The van der Waals surface area contributed by atoms with Crippen molar-refractivity contribution in [2.45, 2.75) is 44.7 Å². The second-order valence-electron chi connectivity index (χ2n) is 7.92. The average molecular weight is 489 g/mol. The van der Waals surface area contributed by atoms with Crippen LogP contribution in [0.25, 0.3) is 11.1 Å². The maximum atomic E-state index is 13.8. The molecule has 7 nitrogen and oxygen atoms in total. The number of nitrogens with one attached hydrogen (secondary N) is 1. The van der Waals surface area contributed by atoms with E-state index in [1.807, 2.05) is 0 Å². The lowest BCUT2D eigenvalue weighted by molar-refractivity contribution is -0.159. The van der Waals surface area contributed by atoms with E-state index in [-0.39, 0.29) is 6.54 Å². The number of alkyl halides is 4. The molecule has 180 valence electrons. The number of nitrogens with zero attached hydrogens (tertiary/aromatic N) is 2. The second kappa shape index (κ2) is 9.74. The maximum Gasteiger partial charge on any atom is 0.315 e. The summed E-state index contributed by atoms with van der Waals surface area (Å²) in [6.07, 6.45) is -2.69. The topological polar surface area (TPSA) is 88.6 Å². The number of amides is 1. The molecule has 0 bridgehead atoms. The zero-order valence-corrected chi connectivity index (χ0v) is 18.7. The molecule has 2 heterocycles. The van der Waals surface area contributed by atoms with Crippen LogP contribution >= 0.6 is 0 Å². The summed E-state index contributed by atoms with van der Waals surface area (Å²) < 4.78 is 82.4. The van der Waals surface area contributed by atoms with Gasteiger partial charge in [0.1, 0.15) is 18.5 Å². The Balaban J connectivity index is 1.76. The van der Waals surface area contributed by atoms with Crippen LogP contribution in [0.3, 0.4) is 0 Å². The van der Waals surface area contributed by atoms with E-state index in [0.29, 0.717) is 16.8 Å². The molecule has 0 saturated carbocycles. The van der Waals surface area contributed by atoms with Crippen LogP contribution in [0.4, 0.5) is 17.6 Å². The van der Waals surface area contributed by atoms with Gasteiger partial charge < -0.3 is 9.64 Å². The second-order valence-corrected chi connectivity index (χ2v) is 9.66. The maximum absolute atomic E-state index is 13.8. The molecule has 1 aromatic carbocycles. The van der Waals surface area contributed by atoms with Crippen molar-refractivity contribution >= 4 is 15.9 Å². The zero-order valence-electron chi connectivity index (χ0n) is 17.8. The van der Waals surface area contributed by atoms with Crippen molar-refractivity contribution in [2.75, 3.05) is 12.7 Å². The summed E-state index contributed by atoms with van der Waals surface area (Å²) in [4.78, 5) is 16.9. The van der Waals surface area contributed by atoms with Crippen LogP contribution in [-0.2, 0) is 26.1 Å². The summed E-state index contributed by atoms with van der Waals surface area (Å²) in [5.41, 5.74) is 0.934. The predicted octanol–water partition coefficient (Wildman–Crippen LogP) is 3.33. The predicted molar refractivity (Wildman–Crippen MR) is 112 cm³/mol. The molecular formula is C21H23F4N3O4S. The fourth-order valence-corrected chi connectivity index (χ4v) is 4.19. The largest absolute Gasteiger partial charge is 0.346 e. The molecule has 1 fully saturated rings. The third kappa shape index (κ3) is 5.50. The number of carbonyl (C=O) groups is 1. The fraction of sp³-hybridized carbons (Fsp3) is 0.429. The Morgan fingerprint density at radius 2 is 1.79 bits per heavy atom. The van der Waals surface area contributed by atoms with Gasteiger partial charge in [0, 0.05) is 11.8 Å². The lowest BCUT2D eigenvalue weighted by atomic mass is 9.99. The van der Waals surface area contributed by atoms with Crippen LogP contribution in [0, 0.1) is 0 Å². The highest BCUT2D eigenvalue weighted by Gasteiger charge is 2.52. The average Bonchev–Trinajstić information content (AvgIpc) is 3.07. The third-order valence-electron chi connectivity index (χ3n) is 5.27. The molecule has 1 amide bonds. The molecule has 1 aliphatic rings. The first-order valence-corrected chi connectivity index (χ1v) is 11.6. The third-order valence-corrected chi connectivity index (χ3v) is 6.14. The van der Waals surface area contributed by atoms with Crippen molar-refractivity contribution in [3.8, 4) is 11.1 Å². The summed E-state index contributed by atoms with van der Waals surface area (Å²) in [7, 11) is -3.98. The van der Waals surface area contributed by atoms with Gasteiger partial charge in [-0.2, -0.15) is 8.78 Å². The molecule has 1 aromatic heterocycles. The van der Waals surface area contributed by atoms with Gasteiger partial charge in [0.15, 0.2) is 0 Å². The van der Waals surface area contributed by atoms with Gasteiger partial charge in [-0.05, 0) is 31.0 Å². The van der Waals surface area contributed by atoms with Crippen LogP contribution < -0.4 is 4.72 Å². The Labute approximate surface area is 188 Å². The van der Waals surface area contributed by atoms with E-state index in [2.05, 4.69) is 9.71 Å². The monoisotopic (exact) mass is 489 g/mol. The first-order chi connectivity index (χ1) is 15.5. The van der Waals surface area contributed by atoms with E-state index < -0.39 is 52.9 Å². The molecule has 3 rings (SSSR count). The van der Waals surface area contributed by atoms with Crippen molar-refractivity contribution in [1.82, 2.24) is 14.6 Å². The Bertz CT molecular complexity index is 1080. The number of carbonyl (C=O) groups excluding carboxylic acids is 1. The van der Waals surface area contributed by atoms with Gasteiger partial charge in [0.2, 0.25) is 16.0 Å². The molecule has 0 spiro atoms. The standard InChI is InChI=1S/C21H23F4N3O4S/c1-21(2)28(20(29)19(24)25)17(9-22)18(32-21)14-5-3-13(4-6-14)15-7-8-16(26-10-15)11-27-33(30,31)12-23/h3-8,10,17-19,27H,9,11-12H2,1-2H3/t17-,18-/m1/s1. The summed E-state index contributed by atoms with van der Waals surface area (Å²) >= 11 is 0. The number of halogens is 4. The van der Waals surface area contributed by atoms with Gasteiger partial charge >= 0.3 is 6.43 Å². The number of pyridine rings is 1. The Morgan fingerprint density at radius 3 is 2.30 bits per heavy atom. The minimum atomic E-state index is -3.98. The minimum Gasteiger partial charge on any atom is -0.346 e. The van der Waals surface area contributed by atoms with E-state index in [4.69, 9.17) is 4.74 Å². The molecule has 2 aromatic rings. The van der Waals surface area contributed by atoms with Gasteiger partial charge in [-0.3, -0.25) is 9.78 Å². The summed E-state index contributed by atoms with van der Waals surface area (Å²) in [6, 6.07) is 7.29. The summed E-state index contributed by atoms with van der Waals surface area (Å²) in [5.74, 6) is -1.48. The Hall–Kier alpha value is -2.57. The molecule has 2 atom stereocenters. The number of rotatable bonds is 8. The number of hydrogen-bond donors (Lipinski definition) is 1. The lowest BCUT2D eigenvalue weighted by Crippen LogP contribution is -2.51. The van der Waals surface area contributed by atoms with Crippen molar-refractivity contribution in [3.63, 3.8) is 0 Å². The highest BCUT2D eigenvalue weighted by molar-refractivity contribution is 7.89. The number of ether oxygens (including phenoxy) is 1. The fourth-order valence-electron chi connectivity index (χ4n) is 3.74. The smallest absolute Gasteiger partial charge is 0.315 e. The number of aromatic nitrogens is 1. The molecule has 0 unspecified atom stereocenters. The van der Waals surface area contributed by atoms with Gasteiger partial charge in [-0.15, -0.1) is 0 Å². The lowest BCUT2D eigenvalue weighted by Gasteiger charge is -2.32. The first kappa shape index (κ1) is 25.1. The Morgan fingerprint density at radius 1 is 1.15 bits per heavy atom. The molecular weight excluding hydrogens is 466 g/mol. The first-order valence-electron chi connectivity index (χ1n) is 9.93. The van der Waals surface area contributed by atoms with Crippen molar-refractivity contribution in [3.05, 3.63) is 53.9 Å². The van der Waals surface area contributed by atoms with Crippen LogP contribution in [0.5, 0.6) is 0 Å². The molecule has 33 heavy (non-hydrogen) atoms. The van der Waals surface area contributed by atoms with Crippen molar-refractivity contribution in [2.24, 2.45) is 0 Å². The van der Waals surface area contributed by atoms with Crippen LogP contribution in [-0.4, -0.2) is 55.1 Å².